The molecule has 4 rings (SSSR count). The number of amides is 1. The molecular formula is C24H20ClN3O2. The molecule has 4 aromatic rings. The third-order valence-corrected chi connectivity index (χ3v) is 5.03. The van der Waals surface area contributed by atoms with E-state index in [4.69, 9.17) is 16.3 Å². The molecule has 2 heterocycles. The summed E-state index contributed by atoms with van der Waals surface area (Å²) < 4.78 is 7.38. The molecule has 0 aliphatic rings. The Hall–Kier alpha value is -3.57. The van der Waals surface area contributed by atoms with Crippen molar-refractivity contribution in [2.75, 3.05) is 12.4 Å². The second-order valence-electron chi connectivity index (χ2n) is 6.85. The maximum Gasteiger partial charge on any atom is 0.248 e. The average molecular weight is 418 g/mol. The number of aromatic nitrogens is 2. The van der Waals surface area contributed by atoms with Gasteiger partial charge in [-0.3, -0.25) is 4.79 Å². The van der Waals surface area contributed by atoms with E-state index in [1.807, 2.05) is 72.2 Å². The monoisotopic (exact) mass is 417 g/mol. The maximum atomic E-state index is 12.5. The van der Waals surface area contributed by atoms with E-state index in [2.05, 4.69) is 10.3 Å². The van der Waals surface area contributed by atoms with Gasteiger partial charge in [-0.1, -0.05) is 29.8 Å². The number of nitrogens with one attached hydrogen (secondary N) is 1. The summed E-state index contributed by atoms with van der Waals surface area (Å²) in [6.07, 6.45) is 7.06. The van der Waals surface area contributed by atoms with Crippen molar-refractivity contribution in [2.24, 2.45) is 0 Å². The number of benzene rings is 2. The molecule has 0 aliphatic carbocycles. The maximum absolute atomic E-state index is 12.5. The molecule has 0 spiro atoms. The number of imidazole rings is 1. The number of carbonyl (C=O) groups excluding carboxylic acids is 1. The summed E-state index contributed by atoms with van der Waals surface area (Å²) >= 11 is 6.14. The summed E-state index contributed by atoms with van der Waals surface area (Å²) in [5.41, 5.74) is 5.04. The molecule has 0 unspecified atom stereocenters. The van der Waals surface area contributed by atoms with Gasteiger partial charge in [0.25, 0.3) is 0 Å². The summed E-state index contributed by atoms with van der Waals surface area (Å²) in [5.74, 6) is 0.286. The summed E-state index contributed by atoms with van der Waals surface area (Å²) in [7, 11) is 1.57. The lowest BCUT2D eigenvalue weighted by atomic mass is 10.1. The third-order valence-electron chi connectivity index (χ3n) is 4.69. The Morgan fingerprint density at radius 3 is 2.80 bits per heavy atom. The molecule has 2 aromatic carbocycles. The fraction of sp³-hybridized carbons (Fsp3) is 0.0833. The van der Waals surface area contributed by atoms with Crippen molar-refractivity contribution in [2.45, 2.75) is 6.92 Å². The highest BCUT2D eigenvalue weighted by molar-refractivity contribution is 6.32. The standard InChI is InChI=1S/C24H20ClN3O2/c1-16-11-12-28-15-21(26-23(28)13-16)18-7-9-22(30-2)20(14-18)27-24(29)10-8-17-5-3-4-6-19(17)25/h3-15H,1-2H3,(H,27,29)/b10-8+. The van der Waals surface area contributed by atoms with Gasteiger partial charge in [0.2, 0.25) is 5.91 Å². The molecule has 1 amide bonds. The van der Waals surface area contributed by atoms with Crippen molar-refractivity contribution >= 4 is 34.9 Å². The van der Waals surface area contributed by atoms with Gasteiger partial charge in [0.15, 0.2) is 0 Å². The SMILES string of the molecule is COc1ccc(-c2cn3ccc(C)cc3n2)cc1NC(=O)/C=C/c1ccccc1Cl. The molecule has 2 aromatic heterocycles. The highest BCUT2D eigenvalue weighted by Crippen LogP contribution is 2.30. The number of hydrogen-bond donors (Lipinski definition) is 1. The zero-order valence-electron chi connectivity index (χ0n) is 16.6. The van der Waals surface area contributed by atoms with Gasteiger partial charge in [-0.05, 0) is 60.5 Å². The zero-order chi connectivity index (χ0) is 21.1. The molecule has 0 saturated heterocycles. The topological polar surface area (TPSA) is 55.6 Å². The smallest absolute Gasteiger partial charge is 0.248 e. The number of aryl methyl sites for hydroxylation is 1. The van der Waals surface area contributed by atoms with Crippen LogP contribution in [0.2, 0.25) is 5.02 Å². The highest BCUT2D eigenvalue weighted by atomic mass is 35.5. The largest absolute Gasteiger partial charge is 0.495 e. The number of carbonyl (C=O) groups is 1. The van der Waals surface area contributed by atoms with E-state index in [0.717, 1.165) is 28.0 Å². The number of anilines is 1. The Labute approximate surface area is 179 Å². The number of pyridine rings is 1. The number of nitrogens with zero attached hydrogens (tertiary/aromatic N) is 2. The van der Waals surface area contributed by atoms with Gasteiger partial charge in [-0.15, -0.1) is 0 Å². The molecule has 6 heteroatoms. The van der Waals surface area contributed by atoms with Crippen molar-refractivity contribution in [3.8, 4) is 17.0 Å². The summed E-state index contributed by atoms with van der Waals surface area (Å²) in [4.78, 5) is 17.2. The normalized spacial score (nSPS) is 11.2. The molecule has 150 valence electrons. The Morgan fingerprint density at radius 2 is 2.00 bits per heavy atom. The summed E-state index contributed by atoms with van der Waals surface area (Å²) in [5, 5.41) is 3.46. The van der Waals surface area contributed by atoms with Gasteiger partial charge in [0, 0.05) is 29.1 Å². The lowest BCUT2D eigenvalue weighted by molar-refractivity contribution is -0.111. The van der Waals surface area contributed by atoms with Crippen molar-refractivity contribution in [1.29, 1.82) is 0 Å². The Morgan fingerprint density at radius 1 is 1.17 bits per heavy atom. The van der Waals surface area contributed by atoms with Crippen LogP contribution < -0.4 is 10.1 Å². The van der Waals surface area contributed by atoms with Crippen molar-refractivity contribution in [3.63, 3.8) is 0 Å². The first-order valence-corrected chi connectivity index (χ1v) is 9.78. The molecular weight excluding hydrogens is 398 g/mol. The molecule has 1 N–H and O–H groups in total. The van der Waals surface area contributed by atoms with E-state index in [-0.39, 0.29) is 5.91 Å². The number of hydrogen-bond acceptors (Lipinski definition) is 3. The van der Waals surface area contributed by atoms with Crippen LogP contribution in [0.3, 0.4) is 0 Å². The Bertz CT molecular complexity index is 1260. The predicted molar refractivity (Wildman–Crippen MR) is 121 cm³/mol. The molecule has 5 nitrogen and oxygen atoms in total. The van der Waals surface area contributed by atoms with Crippen LogP contribution in [0.1, 0.15) is 11.1 Å². The molecule has 0 fully saturated rings. The Kier molecular flexibility index (Phi) is 5.55. The van der Waals surface area contributed by atoms with E-state index in [1.165, 1.54) is 6.08 Å². The third kappa shape index (κ3) is 4.21. The second kappa shape index (κ2) is 8.43. The minimum Gasteiger partial charge on any atom is -0.495 e. The van der Waals surface area contributed by atoms with Crippen LogP contribution in [0.15, 0.2) is 73.1 Å². The first kappa shape index (κ1) is 19.7. The van der Waals surface area contributed by atoms with E-state index in [1.54, 1.807) is 19.3 Å². The van der Waals surface area contributed by atoms with E-state index >= 15 is 0 Å². The lowest BCUT2D eigenvalue weighted by Crippen LogP contribution is -2.09. The van der Waals surface area contributed by atoms with Crippen LogP contribution in [0.5, 0.6) is 5.75 Å². The van der Waals surface area contributed by atoms with Crippen LogP contribution in [0.25, 0.3) is 23.0 Å². The number of ether oxygens (including phenoxy) is 1. The van der Waals surface area contributed by atoms with Crippen LogP contribution in [-0.4, -0.2) is 22.4 Å². The predicted octanol–water partition coefficient (Wildman–Crippen LogP) is 5.62. The molecule has 0 aliphatic heterocycles. The summed E-state index contributed by atoms with van der Waals surface area (Å²) in [6, 6.07) is 17.0. The van der Waals surface area contributed by atoms with Gasteiger partial charge >= 0.3 is 0 Å². The van der Waals surface area contributed by atoms with E-state index < -0.39 is 0 Å². The lowest BCUT2D eigenvalue weighted by Gasteiger charge is -2.10. The van der Waals surface area contributed by atoms with Gasteiger partial charge in [0.1, 0.15) is 11.4 Å². The molecule has 0 bridgehead atoms. The summed E-state index contributed by atoms with van der Waals surface area (Å²) in [6.45, 7) is 2.03. The van der Waals surface area contributed by atoms with Gasteiger partial charge in [-0.2, -0.15) is 0 Å². The zero-order valence-corrected chi connectivity index (χ0v) is 17.4. The molecule has 0 atom stereocenters. The van der Waals surface area contributed by atoms with Crippen LogP contribution >= 0.6 is 11.6 Å². The average Bonchev–Trinajstić information content (AvgIpc) is 3.16. The fourth-order valence-electron chi connectivity index (χ4n) is 3.14. The van der Waals surface area contributed by atoms with Crippen molar-refractivity contribution in [3.05, 3.63) is 89.2 Å². The quantitative estimate of drug-likeness (QED) is 0.428. The minimum absolute atomic E-state index is 0.281. The minimum atomic E-state index is -0.281. The van der Waals surface area contributed by atoms with Gasteiger partial charge in [0.05, 0.1) is 18.5 Å². The fourth-order valence-corrected chi connectivity index (χ4v) is 3.34. The number of fused-ring (bicyclic) bond motifs is 1. The molecule has 30 heavy (non-hydrogen) atoms. The highest BCUT2D eigenvalue weighted by Gasteiger charge is 2.11. The Balaban J connectivity index is 1.61. The number of rotatable bonds is 5. The van der Waals surface area contributed by atoms with E-state index in [0.29, 0.717) is 16.5 Å². The van der Waals surface area contributed by atoms with Gasteiger partial charge < -0.3 is 14.5 Å². The van der Waals surface area contributed by atoms with Gasteiger partial charge in [-0.25, -0.2) is 4.98 Å². The van der Waals surface area contributed by atoms with Crippen LogP contribution in [0, 0.1) is 6.92 Å². The van der Waals surface area contributed by atoms with E-state index in [9.17, 15) is 4.79 Å². The molecule has 0 saturated carbocycles. The van der Waals surface area contributed by atoms with Crippen LogP contribution in [0.4, 0.5) is 5.69 Å². The number of halogens is 1. The number of methoxy groups -OCH3 is 1. The molecule has 0 radical (unpaired) electrons. The second-order valence-corrected chi connectivity index (χ2v) is 7.26. The first-order chi connectivity index (χ1) is 14.5. The van der Waals surface area contributed by atoms with Crippen LogP contribution in [-0.2, 0) is 4.79 Å². The van der Waals surface area contributed by atoms with Crippen molar-refractivity contribution in [1.82, 2.24) is 9.38 Å². The first-order valence-electron chi connectivity index (χ1n) is 9.41. The van der Waals surface area contributed by atoms with Crippen molar-refractivity contribution < 1.29 is 9.53 Å².